The number of alkyl halides is 3. The molecule has 0 radical (unpaired) electrons. The predicted molar refractivity (Wildman–Crippen MR) is 84.1 cm³/mol. The van der Waals surface area contributed by atoms with Crippen molar-refractivity contribution in [2.45, 2.75) is 14.7 Å². The summed E-state index contributed by atoms with van der Waals surface area (Å²) in [5, 5.41) is 1.79. The lowest BCUT2D eigenvalue weighted by molar-refractivity contribution is 0.560. The van der Waals surface area contributed by atoms with Crippen LogP contribution >= 0.6 is 46.1 Å². The Morgan fingerprint density at radius 1 is 1.05 bits per heavy atom. The van der Waals surface area contributed by atoms with Gasteiger partial charge in [0.25, 0.3) is 0 Å². The molecule has 1 heterocycles. The summed E-state index contributed by atoms with van der Waals surface area (Å²) in [6, 6.07) is 10.5. The van der Waals surface area contributed by atoms with Crippen molar-refractivity contribution < 1.29 is 8.42 Å². The normalized spacial score (nSPS) is 14.2. The van der Waals surface area contributed by atoms with Crippen LogP contribution in [0.15, 0.2) is 52.7 Å². The monoisotopic (exact) mass is 369 g/mol. The molecule has 0 aliphatic rings. The Balaban J connectivity index is 2.34. The number of sulfonamides is 1. The minimum absolute atomic E-state index is 0.121. The van der Waals surface area contributed by atoms with Crippen LogP contribution in [0.4, 0.5) is 0 Å². The van der Waals surface area contributed by atoms with Crippen molar-refractivity contribution in [2.75, 3.05) is 0 Å². The van der Waals surface area contributed by atoms with Gasteiger partial charge in [-0.1, -0.05) is 59.1 Å². The Labute approximate surface area is 136 Å². The molecule has 0 fully saturated rings. The Kier molecular flexibility index (Phi) is 5.00. The summed E-state index contributed by atoms with van der Waals surface area (Å²) in [5.41, 5.74) is 0. The van der Waals surface area contributed by atoms with Crippen LogP contribution in [-0.4, -0.2) is 12.2 Å². The van der Waals surface area contributed by atoms with Gasteiger partial charge in [-0.25, -0.2) is 8.42 Å². The van der Waals surface area contributed by atoms with Gasteiger partial charge in [0.05, 0.1) is 4.90 Å². The van der Waals surface area contributed by atoms with Crippen LogP contribution in [-0.2, 0) is 10.0 Å². The summed E-state index contributed by atoms with van der Waals surface area (Å²) in [4.78, 5) is 0.750. The highest BCUT2D eigenvalue weighted by Gasteiger charge is 2.38. The number of hydrogen-bond donors (Lipinski definition) is 1. The average molecular weight is 371 g/mol. The van der Waals surface area contributed by atoms with E-state index in [9.17, 15) is 8.42 Å². The molecule has 8 heteroatoms. The summed E-state index contributed by atoms with van der Waals surface area (Å²) in [5.74, 6) is 0. The molecule has 0 aliphatic heterocycles. The standard InChI is InChI=1S/C12H10Cl3NO2S2/c13-12(14,15)11(10-7-4-8-19-10)16-20(17,18)9-5-2-1-3-6-9/h1-8,11,16H. The smallest absolute Gasteiger partial charge is 0.207 e. The van der Waals surface area contributed by atoms with Crippen molar-refractivity contribution in [3.05, 3.63) is 52.7 Å². The summed E-state index contributed by atoms with van der Waals surface area (Å²) < 4.78 is 25.3. The van der Waals surface area contributed by atoms with Gasteiger partial charge in [-0.3, -0.25) is 0 Å². The number of hydrogen-bond acceptors (Lipinski definition) is 3. The third-order valence-corrected chi connectivity index (χ3v) is 5.51. The van der Waals surface area contributed by atoms with E-state index in [1.165, 1.54) is 23.5 Å². The number of nitrogens with one attached hydrogen (secondary N) is 1. The molecule has 0 saturated carbocycles. The van der Waals surface area contributed by atoms with Crippen molar-refractivity contribution >= 4 is 56.2 Å². The lowest BCUT2D eigenvalue weighted by Gasteiger charge is -2.24. The predicted octanol–water partition coefficient (Wildman–Crippen LogP) is 4.14. The van der Waals surface area contributed by atoms with Crippen LogP contribution < -0.4 is 4.72 Å². The first kappa shape index (κ1) is 16.1. The van der Waals surface area contributed by atoms with Crippen LogP contribution in [0.1, 0.15) is 10.9 Å². The molecule has 1 atom stereocenters. The number of thiophene rings is 1. The van der Waals surface area contributed by atoms with Crippen LogP contribution in [0.25, 0.3) is 0 Å². The maximum absolute atomic E-state index is 12.3. The highest BCUT2D eigenvalue weighted by Crippen LogP contribution is 2.42. The number of rotatable bonds is 4. The molecule has 20 heavy (non-hydrogen) atoms. The zero-order valence-electron chi connectivity index (χ0n) is 9.96. The first-order valence-electron chi connectivity index (χ1n) is 5.48. The highest BCUT2D eigenvalue weighted by molar-refractivity contribution is 7.89. The van der Waals surface area contributed by atoms with Gasteiger partial charge in [-0.2, -0.15) is 4.72 Å². The van der Waals surface area contributed by atoms with E-state index in [2.05, 4.69) is 4.72 Å². The molecule has 108 valence electrons. The van der Waals surface area contributed by atoms with E-state index in [1.807, 2.05) is 0 Å². The summed E-state index contributed by atoms with van der Waals surface area (Å²) in [6.45, 7) is 0. The zero-order valence-corrected chi connectivity index (χ0v) is 13.9. The largest absolute Gasteiger partial charge is 0.241 e. The quantitative estimate of drug-likeness (QED) is 0.822. The van der Waals surface area contributed by atoms with Crippen molar-refractivity contribution in [3.8, 4) is 0 Å². The Morgan fingerprint density at radius 2 is 1.70 bits per heavy atom. The van der Waals surface area contributed by atoms with E-state index >= 15 is 0 Å². The second-order valence-corrected chi connectivity index (χ2v) is 8.99. The zero-order chi connectivity index (χ0) is 14.8. The first-order valence-corrected chi connectivity index (χ1v) is 8.98. The van der Waals surface area contributed by atoms with Crippen LogP contribution in [0.5, 0.6) is 0 Å². The van der Waals surface area contributed by atoms with Crippen molar-refractivity contribution in [1.29, 1.82) is 0 Å². The molecule has 0 saturated heterocycles. The molecule has 1 aromatic heterocycles. The van der Waals surface area contributed by atoms with Gasteiger partial charge < -0.3 is 0 Å². The molecular formula is C12H10Cl3NO2S2. The maximum atomic E-state index is 12.3. The minimum atomic E-state index is -3.77. The molecule has 3 nitrogen and oxygen atoms in total. The molecule has 0 spiro atoms. The minimum Gasteiger partial charge on any atom is -0.207 e. The molecule has 0 amide bonds. The van der Waals surface area contributed by atoms with E-state index in [1.54, 1.807) is 35.7 Å². The van der Waals surface area contributed by atoms with Gasteiger partial charge in [0, 0.05) is 4.88 Å². The fourth-order valence-corrected chi connectivity index (χ4v) is 4.65. The molecule has 2 aromatic rings. The summed E-state index contributed by atoms with van der Waals surface area (Å²) in [6.07, 6.45) is 0. The SMILES string of the molecule is O=S(=O)(NC(c1cccs1)C(Cl)(Cl)Cl)c1ccccc1. The molecule has 1 unspecified atom stereocenters. The lowest BCUT2D eigenvalue weighted by atomic mass is 10.3. The highest BCUT2D eigenvalue weighted by atomic mass is 35.6. The van der Waals surface area contributed by atoms with E-state index in [0.29, 0.717) is 4.88 Å². The average Bonchev–Trinajstić information content (AvgIpc) is 2.89. The van der Waals surface area contributed by atoms with Crippen LogP contribution in [0.2, 0.25) is 0 Å². The Morgan fingerprint density at radius 3 is 2.20 bits per heavy atom. The van der Waals surface area contributed by atoms with Crippen molar-refractivity contribution in [1.82, 2.24) is 4.72 Å². The van der Waals surface area contributed by atoms with Crippen LogP contribution in [0, 0.1) is 0 Å². The second kappa shape index (κ2) is 6.22. The molecule has 1 N–H and O–H groups in total. The fourth-order valence-electron chi connectivity index (χ4n) is 1.56. The molecule has 2 rings (SSSR count). The third kappa shape index (κ3) is 3.87. The van der Waals surface area contributed by atoms with E-state index in [0.717, 1.165) is 0 Å². The first-order chi connectivity index (χ1) is 9.31. The molecule has 0 aliphatic carbocycles. The second-order valence-electron chi connectivity index (χ2n) is 3.92. The molecule has 0 bridgehead atoms. The number of halogens is 3. The van der Waals surface area contributed by atoms with Crippen LogP contribution in [0.3, 0.4) is 0 Å². The van der Waals surface area contributed by atoms with Gasteiger partial charge in [0.15, 0.2) is 0 Å². The van der Waals surface area contributed by atoms with Gasteiger partial charge in [0.1, 0.15) is 6.04 Å². The maximum Gasteiger partial charge on any atom is 0.241 e. The van der Waals surface area contributed by atoms with E-state index in [-0.39, 0.29) is 4.90 Å². The van der Waals surface area contributed by atoms with E-state index < -0.39 is 19.9 Å². The van der Waals surface area contributed by atoms with Gasteiger partial charge in [-0.05, 0) is 23.6 Å². The Bertz CT molecular complexity index is 652. The van der Waals surface area contributed by atoms with Gasteiger partial charge >= 0.3 is 0 Å². The lowest BCUT2D eigenvalue weighted by Crippen LogP contribution is -2.35. The van der Waals surface area contributed by atoms with Crippen molar-refractivity contribution in [3.63, 3.8) is 0 Å². The third-order valence-electron chi connectivity index (χ3n) is 2.48. The van der Waals surface area contributed by atoms with Gasteiger partial charge in [-0.15, -0.1) is 11.3 Å². The Hall–Kier alpha value is -0.300. The van der Waals surface area contributed by atoms with Gasteiger partial charge in [0.2, 0.25) is 13.8 Å². The summed E-state index contributed by atoms with van der Waals surface area (Å²) in [7, 11) is -3.77. The molecule has 1 aromatic carbocycles. The van der Waals surface area contributed by atoms with Crippen molar-refractivity contribution in [2.24, 2.45) is 0 Å². The molecular weight excluding hydrogens is 361 g/mol. The number of benzene rings is 1. The van der Waals surface area contributed by atoms with E-state index in [4.69, 9.17) is 34.8 Å². The topological polar surface area (TPSA) is 46.2 Å². The fraction of sp³-hybridized carbons (Fsp3) is 0.167. The summed E-state index contributed by atoms with van der Waals surface area (Å²) >= 11 is 19.0.